The Labute approximate surface area is 213 Å². The first-order valence-electron chi connectivity index (χ1n) is 11.6. The van der Waals surface area contributed by atoms with E-state index in [2.05, 4.69) is 0 Å². The molecule has 3 aliphatic rings. The van der Waals surface area contributed by atoms with Gasteiger partial charge in [-0.25, -0.2) is 4.79 Å². The number of hydrogen-bond donors (Lipinski definition) is 0. The van der Waals surface area contributed by atoms with Gasteiger partial charge in [-0.3, -0.25) is 9.59 Å². The summed E-state index contributed by atoms with van der Waals surface area (Å²) >= 11 is 6.54. The van der Waals surface area contributed by atoms with Crippen molar-refractivity contribution >= 4 is 29.1 Å². The summed E-state index contributed by atoms with van der Waals surface area (Å²) in [6.07, 6.45) is 2.41. The van der Waals surface area contributed by atoms with Crippen LogP contribution in [0, 0.1) is 5.92 Å². The number of rotatable bonds is 4. The number of carbonyl (C=O) groups is 3. The number of ketones is 2. The van der Waals surface area contributed by atoms with Crippen molar-refractivity contribution in [2.24, 2.45) is 5.92 Å². The van der Waals surface area contributed by atoms with Crippen molar-refractivity contribution in [3.05, 3.63) is 75.3 Å². The van der Waals surface area contributed by atoms with Crippen LogP contribution in [0.2, 0.25) is 5.02 Å². The third kappa shape index (κ3) is 3.29. The number of hydrogen-bond acceptors (Lipinski definition) is 7. The van der Waals surface area contributed by atoms with Gasteiger partial charge < -0.3 is 18.9 Å². The fourth-order valence-electron chi connectivity index (χ4n) is 5.58. The summed E-state index contributed by atoms with van der Waals surface area (Å²) in [6.45, 7) is 1.80. The Hall–Kier alpha value is -3.58. The topological polar surface area (TPSA) is 88.1 Å². The van der Waals surface area contributed by atoms with Gasteiger partial charge >= 0.3 is 5.97 Å². The summed E-state index contributed by atoms with van der Waals surface area (Å²) in [5.74, 6) is -1.83. The van der Waals surface area contributed by atoms with E-state index in [1.807, 2.05) is 30.3 Å². The molecule has 2 aromatic carbocycles. The molecule has 7 nitrogen and oxygen atoms in total. The largest absolute Gasteiger partial charge is 0.496 e. The fourth-order valence-corrected chi connectivity index (χ4v) is 5.84. The van der Waals surface area contributed by atoms with E-state index in [0.717, 1.165) is 11.1 Å². The molecule has 0 saturated carbocycles. The molecule has 0 saturated heterocycles. The molecule has 0 N–H and O–H groups in total. The maximum Gasteiger partial charge on any atom is 0.333 e. The number of Topliss-reactive ketones (excluding diaryl/α,β-unsaturated/α-hetero) is 2. The quantitative estimate of drug-likeness (QED) is 0.430. The molecule has 0 radical (unpaired) electrons. The summed E-state index contributed by atoms with van der Waals surface area (Å²) in [5, 5.41) is 0.106. The second kappa shape index (κ2) is 8.82. The molecule has 8 heteroatoms. The molecular weight excluding hydrogens is 484 g/mol. The minimum Gasteiger partial charge on any atom is -0.496 e. The highest BCUT2D eigenvalue weighted by molar-refractivity contribution is 6.36. The highest BCUT2D eigenvalue weighted by Gasteiger charge is 2.63. The fraction of sp³-hybridized carbons (Fsp3) is 0.321. The van der Waals surface area contributed by atoms with Gasteiger partial charge in [-0.15, -0.1) is 0 Å². The predicted molar refractivity (Wildman–Crippen MR) is 132 cm³/mol. The van der Waals surface area contributed by atoms with Gasteiger partial charge in [-0.05, 0) is 12.0 Å². The Morgan fingerprint density at radius 2 is 1.75 bits per heavy atom. The maximum absolute atomic E-state index is 14.4. The SMILES string of the molecule is COC(=O)C1=C[C@H](c2ccccc2)C2=C(C1)C[C@@H](C)[C@]1(Oc3c(Cl)c(OC)cc(OC)c3C1=O)C2=O. The molecule has 1 aliphatic heterocycles. The van der Waals surface area contributed by atoms with Gasteiger partial charge in [0.1, 0.15) is 22.1 Å². The van der Waals surface area contributed by atoms with Crippen molar-refractivity contribution in [3.8, 4) is 17.2 Å². The van der Waals surface area contributed by atoms with Crippen molar-refractivity contribution in [1.82, 2.24) is 0 Å². The van der Waals surface area contributed by atoms with Crippen LogP contribution in [0.5, 0.6) is 17.2 Å². The van der Waals surface area contributed by atoms with Crippen molar-refractivity contribution in [3.63, 3.8) is 0 Å². The molecule has 0 fully saturated rings. The number of allylic oxidation sites excluding steroid dienone is 2. The lowest BCUT2D eigenvalue weighted by atomic mass is 9.63. The van der Waals surface area contributed by atoms with Gasteiger partial charge in [0.2, 0.25) is 17.2 Å². The predicted octanol–water partition coefficient (Wildman–Crippen LogP) is 4.86. The van der Waals surface area contributed by atoms with E-state index in [4.69, 9.17) is 30.5 Å². The standard InChI is InChI=1S/C28H25ClO7/c1-14-10-16-11-17(27(32)35-4)12-18(15-8-6-5-7-9-15)21(16)25(30)28(14)26(31)22-19(33-2)13-20(34-3)23(29)24(22)36-28/h5-9,12-14,18H,10-11H2,1-4H3/t14-,18-,28+/m1/s1. The molecule has 186 valence electrons. The first kappa shape index (κ1) is 24.1. The second-order valence-corrected chi connectivity index (χ2v) is 9.54. The van der Waals surface area contributed by atoms with Gasteiger partial charge in [-0.2, -0.15) is 0 Å². The lowest BCUT2D eigenvalue weighted by Gasteiger charge is -2.41. The number of fused-ring (bicyclic) bond motifs is 1. The first-order chi connectivity index (χ1) is 17.3. The average molecular weight is 509 g/mol. The second-order valence-electron chi connectivity index (χ2n) is 9.17. The highest BCUT2D eigenvalue weighted by atomic mass is 35.5. The van der Waals surface area contributed by atoms with Gasteiger partial charge in [0.05, 0.1) is 21.3 Å². The molecule has 2 aromatic rings. The molecular formula is C28H25ClO7. The molecule has 0 aromatic heterocycles. The number of esters is 1. The Kier molecular flexibility index (Phi) is 5.91. The van der Waals surface area contributed by atoms with Crippen LogP contribution in [-0.4, -0.2) is 44.5 Å². The Morgan fingerprint density at radius 1 is 1.06 bits per heavy atom. The third-order valence-corrected chi connectivity index (χ3v) is 7.67. The minimum absolute atomic E-state index is 0.0833. The zero-order valence-corrected chi connectivity index (χ0v) is 21.1. The van der Waals surface area contributed by atoms with Crippen molar-refractivity contribution in [2.75, 3.05) is 21.3 Å². The third-order valence-electron chi connectivity index (χ3n) is 7.32. The lowest BCUT2D eigenvalue weighted by molar-refractivity contribution is -0.136. The summed E-state index contributed by atoms with van der Waals surface area (Å²) in [6, 6.07) is 10.9. The zero-order valence-electron chi connectivity index (χ0n) is 20.3. The summed E-state index contributed by atoms with van der Waals surface area (Å²) in [4.78, 5) is 40.9. The van der Waals surface area contributed by atoms with Crippen molar-refractivity contribution in [2.45, 2.75) is 31.3 Å². The number of methoxy groups -OCH3 is 3. The summed E-state index contributed by atoms with van der Waals surface area (Å²) < 4.78 is 22.1. The van der Waals surface area contributed by atoms with Crippen LogP contribution in [0.3, 0.4) is 0 Å². The average Bonchev–Trinajstić information content (AvgIpc) is 3.21. The Balaban J connectivity index is 1.67. The molecule has 36 heavy (non-hydrogen) atoms. The van der Waals surface area contributed by atoms with Gasteiger partial charge in [0.25, 0.3) is 0 Å². The van der Waals surface area contributed by atoms with Crippen LogP contribution in [0.1, 0.15) is 41.6 Å². The highest BCUT2D eigenvalue weighted by Crippen LogP contribution is 2.56. The van der Waals surface area contributed by atoms with Gasteiger partial charge in [0, 0.05) is 35.5 Å². The summed E-state index contributed by atoms with van der Waals surface area (Å²) in [7, 11) is 4.21. The number of ether oxygens (including phenoxy) is 4. The van der Waals surface area contributed by atoms with Crippen molar-refractivity contribution < 1.29 is 33.3 Å². The molecule has 1 spiro atoms. The van der Waals surface area contributed by atoms with E-state index in [9.17, 15) is 14.4 Å². The number of halogens is 1. The van der Waals surface area contributed by atoms with Crippen LogP contribution in [0.25, 0.3) is 0 Å². The minimum atomic E-state index is -1.80. The van der Waals surface area contributed by atoms with E-state index >= 15 is 0 Å². The van der Waals surface area contributed by atoms with E-state index in [0.29, 0.717) is 17.6 Å². The van der Waals surface area contributed by atoms with Crippen LogP contribution in [0.15, 0.2) is 59.2 Å². The monoisotopic (exact) mass is 508 g/mol. The van der Waals surface area contributed by atoms with E-state index in [1.165, 1.54) is 27.4 Å². The molecule has 3 atom stereocenters. The molecule has 0 unspecified atom stereocenters. The van der Waals surface area contributed by atoms with Gasteiger partial charge in [-0.1, -0.05) is 60.5 Å². The number of carbonyl (C=O) groups excluding carboxylic acids is 3. The smallest absolute Gasteiger partial charge is 0.333 e. The molecule has 1 heterocycles. The molecule has 0 bridgehead atoms. The van der Waals surface area contributed by atoms with Crippen LogP contribution in [0.4, 0.5) is 0 Å². The van der Waals surface area contributed by atoms with Crippen LogP contribution < -0.4 is 14.2 Å². The van der Waals surface area contributed by atoms with Crippen LogP contribution >= 0.6 is 11.6 Å². The van der Waals surface area contributed by atoms with E-state index in [-0.39, 0.29) is 34.3 Å². The maximum atomic E-state index is 14.4. The molecule has 5 rings (SSSR count). The normalized spacial score (nSPS) is 24.6. The van der Waals surface area contributed by atoms with E-state index in [1.54, 1.807) is 13.0 Å². The Bertz CT molecular complexity index is 1360. The molecule has 2 aliphatic carbocycles. The van der Waals surface area contributed by atoms with Crippen molar-refractivity contribution in [1.29, 1.82) is 0 Å². The first-order valence-corrected chi connectivity index (χ1v) is 11.9. The van der Waals surface area contributed by atoms with E-state index < -0.39 is 35.0 Å². The molecule has 0 amide bonds. The number of benzene rings is 2. The van der Waals surface area contributed by atoms with Crippen LogP contribution in [-0.2, 0) is 14.3 Å². The van der Waals surface area contributed by atoms with Gasteiger partial charge in [0.15, 0.2) is 5.75 Å². The lowest BCUT2D eigenvalue weighted by Crippen LogP contribution is -2.57. The summed E-state index contributed by atoms with van der Waals surface area (Å²) in [5.41, 5.74) is 0.911. The Morgan fingerprint density at radius 3 is 2.39 bits per heavy atom. The zero-order chi connectivity index (χ0) is 25.8.